The van der Waals surface area contributed by atoms with Gasteiger partial charge in [-0.3, -0.25) is 10.1 Å². The van der Waals surface area contributed by atoms with Crippen LogP contribution >= 0.6 is 0 Å². The molecule has 0 radical (unpaired) electrons. The van der Waals surface area contributed by atoms with Crippen LogP contribution in [0.5, 0.6) is 0 Å². The second-order valence-corrected chi connectivity index (χ2v) is 4.94. The van der Waals surface area contributed by atoms with E-state index in [4.69, 9.17) is 0 Å². The molecule has 1 heterocycles. The van der Waals surface area contributed by atoms with Gasteiger partial charge in [-0.2, -0.15) is 4.39 Å². The Kier molecular flexibility index (Phi) is 3.99. The Balaban J connectivity index is 2.35. The van der Waals surface area contributed by atoms with Gasteiger partial charge in [-0.25, -0.2) is 0 Å². The number of hydrogen-bond acceptors (Lipinski definition) is 4. The third-order valence-electron chi connectivity index (χ3n) is 3.45. The number of halogens is 1. The highest BCUT2D eigenvalue weighted by Crippen LogP contribution is 2.36. The molecule has 2 atom stereocenters. The molecule has 0 saturated carbocycles. The van der Waals surface area contributed by atoms with E-state index >= 15 is 0 Å². The predicted molar refractivity (Wildman–Crippen MR) is 69.7 cm³/mol. The number of anilines is 1. The molecule has 0 spiro atoms. The van der Waals surface area contributed by atoms with E-state index in [-0.39, 0.29) is 6.04 Å². The third kappa shape index (κ3) is 2.84. The van der Waals surface area contributed by atoms with Gasteiger partial charge in [0.05, 0.1) is 11.0 Å². The highest BCUT2D eigenvalue weighted by Gasteiger charge is 2.32. The van der Waals surface area contributed by atoms with Crippen molar-refractivity contribution in [2.24, 2.45) is 0 Å². The van der Waals surface area contributed by atoms with Crippen molar-refractivity contribution in [2.45, 2.75) is 38.3 Å². The lowest BCUT2D eigenvalue weighted by Crippen LogP contribution is -2.32. The van der Waals surface area contributed by atoms with Crippen molar-refractivity contribution in [2.75, 3.05) is 11.4 Å². The van der Waals surface area contributed by atoms with Gasteiger partial charge >= 0.3 is 5.69 Å². The molecule has 1 aliphatic heterocycles. The summed E-state index contributed by atoms with van der Waals surface area (Å²) in [7, 11) is 0. The average Bonchev–Trinajstić information content (AvgIpc) is 2.75. The highest BCUT2D eigenvalue weighted by molar-refractivity contribution is 5.64. The van der Waals surface area contributed by atoms with Gasteiger partial charge in [0.2, 0.25) is 5.82 Å². The predicted octanol–water partition coefficient (Wildman–Crippen LogP) is 2.47. The maximum absolute atomic E-state index is 13.6. The summed E-state index contributed by atoms with van der Waals surface area (Å²) in [4.78, 5) is 12.2. The van der Waals surface area contributed by atoms with E-state index < -0.39 is 22.5 Å². The first-order valence-electron chi connectivity index (χ1n) is 6.38. The lowest BCUT2D eigenvalue weighted by molar-refractivity contribution is -0.386. The Labute approximate surface area is 110 Å². The van der Waals surface area contributed by atoms with Gasteiger partial charge in [0.15, 0.2) is 0 Å². The van der Waals surface area contributed by atoms with Gasteiger partial charge in [0, 0.05) is 12.6 Å². The number of benzene rings is 1. The molecule has 1 aromatic rings. The van der Waals surface area contributed by atoms with Crippen LogP contribution in [0.4, 0.5) is 15.8 Å². The van der Waals surface area contributed by atoms with Crippen LogP contribution in [0.15, 0.2) is 18.2 Å². The molecule has 1 N–H and O–H groups in total. The molecule has 104 valence electrons. The summed E-state index contributed by atoms with van der Waals surface area (Å²) in [6.45, 7) is 2.35. The molecule has 1 fully saturated rings. The van der Waals surface area contributed by atoms with Crippen molar-refractivity contribution in [3.63, 3.8) is 0 Å². The van der Waals surface area contributed by atoms with E-state index in [2.05, 4.69) is 0 Å². The first-order chi connectivity index (χ1) is 9.00. The van der Waals surface area contributed by atoms with E-state index in [0.717, 1.165) is 18.9 Å². The smallest absolute Gasteiger partial charge is 0.327 e. The minimum absolute atomic E-state index is 0.0282. The zero-order chi connectivity index (χ0) is 14.0. The van der Waals surface area contributed by atoms with Gasteiger partial charge in [-0.1, -0.05) is 6.07 Å². The van der Waals surface area contributed by atoms with Crippen LogP contribution < -0.4 is 4.90 Å². The van der Waals surface area contributed by atoms with Gasteiger partial charge in [-0.15, -0.1) is 0 Å². The molecule has 5 nitrogen and oxygen atoms in total. The molecule has 19 heavy (non-hydrogen) atoms. The number of aliphatic hydroxyl groups excluding tert-OH is 1. The topological polar surface area (TPSA) is 66.6 Å². The molecule has 1 saturated heterocycles. The fraction of sp³-hybridized carbons (Fsp3) is 0.538. The minimum Gasteiger partial charge on any atom is -0.393 e. The zero-order valence-electron chi connectivity index (χ0n) is 10.8. The van der Waals surface area contributed by atoms with Crippen molar-refractivity contribution < 1.29 is 14.4 Å². The van der Waals surface area contributed by atoms with Crippen LogP contribution in [0.3, 0.4) is 0 Å². The number of rotatable bonds is 4. The Morgan fingerprint density at radius 1 is 1.63 bits per heavy atom. The highest BCUT2D eigenvalue weighted by atomic mass is 19.1. The van der Waals surface area contributed by atoms with Crippen molar-refractivity contribution in [3.8, 4) is 0 Å². The lowest BCUT2D eigenvalue weighted by atomic mass is 10.1. The van der Waals surface area contributed by atoms with E-state index in [1.165, 1.54) is 6.07 Å². The van der Waals surface area contributed by atoms with Crippen LogP contribution in [0.25, 0.3) is 0 Å². The molecule has 0 bridgehead atoms. The monoisotopic (exact) mass is 268 g/mol. The summed E-state index contributed by atoms with van der Waals surface area (Å²) in [5.41, 5.74) is -0.159. The molecule has 0 amide bonds. The van der Waals surface area contributed by atoms with Gasteiger partial charge in [-0.05, 0) is 38.3 Å². The number of para-hydroxylation sites is 1. The quantitative estimate of drug-likeness (QED) is 0.673. The van der Waals surface area contributed by atoms with Crippen LogP contribution in [0, 0.1) is 15.9 Å². The summed E-state index contributed by atoms with van der Waals surface area (Å²) >= 11 is 0. The molecular formula is C13H17FN2O3. The van der Waals surface area contributed by atoms with Gasteiger partial charge in [0.25, 0.3) is 0 Å². The maximum Gasteiger partial charge on any atom is 0.327 e. The third-order valence-corrected chi connectivity index (χ3v) is 3.45. The summed E-state index contributed by atoms with van der Waals surface area (Å²) in [5, 5.41) is 20.5. The van der Waals surface area contributed by atoms with Crippen LogP contribution in [-0.2, 0) is 0 Å². The summed E-state index contributed by atoms with van der Waals surface area (Å²) < 4.78 is 13.6. The van der Waals surface area contributed by atoms with Crippen molar-refractivity contribution in [1.29, 1.82) is 0 Å². The number of nitro benzene ring substituents is 1. The van der Waals surface area contributed by atoms with E-state index in [1.807, 2.05) is 4.90 Å². The average molecular weight is 268 g/mol. The standard InChI is InChI=1S/C13H17FN2O3/c1-9(17)8-10-4-3-7-15(10)12-6-2-5-11(14)13(12)16(18)19/h2,5-6,9-10,17H,3-4,7-8H2,1H3. The summed E-state index contributed by atoms with van der Waals surface area (Å²) in [6, 6.07) is 4.18. The van der Waals surface area contributed by atoms with Crippen molar-refractivity contribution in [1.82, 2.24) is 0 Å². The number of nitro groups is 1. The van der Waals surface area contributed by atoms with E-state index in [0.29, 0.717) is 18.7 Å². The molecule has 1 aliphatic rings. The van der Waals surface area contributed by atoms with E-state index in [9.17, 15) is 19.6 Å². The fourth-order valence-electron chi connectivity index (χ4n) is 2.71. The van der Waals surface area contributed by atoms with Crippen LogP contribution in [0.1, 0.15) is 26.2 Å². The van der Waals surface area contributed by atoms with Crippen LogP contribution in [0.2, 0.25) is 0 Å². The SMILES string of the molecule is CC(O)CC1CCCN1c1cccc(F)c1[N+](=O)[O-]. The largest absolute Gasteiger partial charge is 0.393 e. The van der Waals surface area contributed by atoms with Gasteiger partial charge in [0.1, 0.15) is 5.69 Å². The Morgan fingerprint density at radius 3 is 3.00 bits per heavy atom. The molecule has 0 aromatic heterocycles. The maximum atomic E-state index is 13.6. The molecule has 0 aliphatic carbocycles. The first kappa shape index (κ1) is 13.7. The second-order valence-electron chi connectivity index (χ2n) is 4.94. The molecule has 2 rings (SSSR count). The second kappa shape index (κ2) is 5.52. The molecule has 6 heteroatoms. The molecule has 1 aromatic carbocycles. The van der Waals surface area contributed by atoms with E-state index in [1.54, 1.807) is 13.0 Å². The Hall–Kier alpha value is -1.69. The number of aliphatic hydroxyl groups is 1. The minimum atomic E-state index is -0.815. The van der Waals surface area contributed by atoms with Gasteiger partial charge < -0.3 is 10.0 Å². The molecular weight excluding hydrogens is 251 g/mol. The number of nitrogens with zero attached hydrogens (tertiary/aromatic N) is 2. The zero-order valence-corrected chi connectivity index (χ0v) is 10.8. The summed E-state index contributed by atoms with van der Waals surface area (Å²) in [6.07, 6.45) is 1.82. The molecule has 2 unspecified atom stereocenters. The Bertz CT molecular complexity index is 479. The first-order valence-corrected chi connectivity index (χ1v) is 6.38. The van der Waals surface area contributed by atoms with Crippen molar-refractivity contribution >= 4 is 11.4 Å². The fourth-order valence-corrected chi connectivity index (χ4v) is 2.71. The normalized spacial score (nSPS) is 20.6. The summed E-state index contributed by atoms with van der Waals surface area (Å²) in [5.74, 6) is -0.815. The van der Waals surface area contributed by atoms with Crippen LogP contribution in [-0.4, -0.2) is 28.7 Å². The Morgan fingerprint density at radius 2 is 2.37 bits per heavy atom. The van der Waals surface area contributed by atoms with Crippen molar-refractivity contribution in [3.05, 3.63) is 34.1 Å². The number of hydrogen-bond donors (Lipinski definition) is 1. The lowest BCUT2D eigenvalue weighted by Gasteiger charge is -2.27.